The zero-order valence-corrected chi connectivity index (χ0v) is 41.6. The van der Waals surface area contributed by atoms with E-state index in [-0.39, 0.29) is 17.8 Å². The van der Waals surface area contributed by atoms with Crippen molar-refractivity contribution in [2.75, 3.05) is 32.8 Å². The van der Waals surface area contributed by atoms with Crippen LogP contribution in [0.25, 0.3) is 21.5 Å². The second-order valence-electron chi connectivity index (χ2n) is 21.7. The average molecular weight is 903 g/mol. The molecule has 0 atom stereocenters. The molecule has 4 aromatic rings. The van der Waals surface area contributed by atoms with Gasteiger partial charge in [0.15, 0.2) is 0 Å². The number of likely N-dealkylation sites (tertiary alicyclic amines) is 2. The van der Waals surface area contributed by atoms with E-state index in [1.807, 2.05) is 6.92 Å². The van der Waals surface area contributed by atoms with Gasteiger partial charge < -0.3 is 19.3 Å². The summed E-state index contributed by atoms with van der Waals surface area (Å²) in [4.78, 5) is 28.0. The topological polar surface area (TPSA) is 88.5 Å². The van der Waals surface area contributed by atoms with Crippen LogP contribution < -0.4 is 9.47 Å². The van der Waals surface area contributed by atoms with Gasteiger partial charge in [-0.05, 0) is 202 Å². The highest BCUT2D eigenvalue weighted by Crippen LogP contribution is 2.43. The minimum atomic E-state index is -0.647. The number of carboxylic acids is 1. The summed E-state index contributed by atoms with van der Waals surface area (Å²) >= 11 is 0. The highest BCUT2D eigenvalue weighted by molar-refractivity contribution is 5.85. The monoisotopic (exact) mass is 903 g/mol. The third-order valence-corrected chi connectivity index (χ3v) is 16.7. The number of carboxylic acid groups (broad SMARTS) is 1. The van der Waals surface area contributed by atoms with E-state index in [9.17, 15) is 14.7 Å². The van der Waals surface area contributed by atoms with Crippen LogP contribution in [0.5, 0.6) is 11.5 Å². The summed E-state index contributed by atoms with van der Waals surface area (Å²) in [5, 5.41) is 14.1. The summed E-state index contributed by atoms with van der Waals surface area (Å²) in [6.45, 7) is 22.1. The van der Waals surface area contributed by atoms with Crippen LogP contribution in [-0.2, 0) is 27.4 Å². The van der Waals surface area contributed by atoms with E-state index in [4.69, 9.17) is 14.2 Å². The molecule has 4 aliphatic rings. The van der Waals surface area contributed by atoms with Crippen molar-refractivity contribution in [3.8, 4) is 11.5 Å². The predicted molar refractivity (Wildman–Crippen MR) is 269 cm³/mol. The molecule has 0 amide bonds. The summed E-state index contributed by atoms with van der Waals surface area (Å²) in [7, 11) is 0. The van der Waals surface area contributed by atoms with Crippen LogP contribution in [-0.4, -0.2) is 71.8 Å². The van der Waals surface area contributed by atoms with Crippen LogP contribution in [0, 0.1) is 34.5 Å². The Hall–Kier alpha value is -4.14. The maximum atomic E-state index is 12.0. The lowest BCUT2D eigenvalue weighted by Crippen LogP contribution is -2.36. The van der Waals surface area contributed by atoms with Crippen molar-refractivity contribution in [1.82, 2.24) is 9.80 Å². The van der Waals surface area contributed by atoms with Gasteiger partial charge in [0.1, 0.15) is 11.5 Å². The van der Waals surface area contributed by atoms with Gasteiger partial charge in [0, 0.05) is 13.1 Å². The first-order valence-electron chi connectivity index (χ1n) is 25.9. The maximum Gasteiger partial charge on any atom is 0.309 e. The maximum absolute atomic E-state index is 12.0. The van der Waals surface area contributed by atoms with Crippen molar-refractivity contribution < 1.29 is 28.9 Å². The normalized spacial score (nSPS) is 23.0. The molecule has 8 heteroatoms. The van der Waals surface area contributed by atoms with E-state index >= 15 is 0 Å². The first-order chi connectivity index (χ1) is 31.7. The Labute approximate surface area is 397 Å². The Kier molecular flexibility index (Phi) is 17.2. The van der Waals surface area contributed by atoms with Crippen molar-refractivity contribution in [2.24, 2.45) is 34.5 Å². The van der Waals surface area contributed by atoms with Gasteiger partial charge in [0.2, 0.25) is 0 Å². The van der Waals surface area contributed by atoms with Gasteiger partial charge in [-0.15, -0.1) is 0 Å². The number of benzene rings is 4. The first kappa shape index (κ1) is 49.8. The Morgan fingerprint density at radius 1 is 0.530 bits per heavy atom. The van der Waals surface area contributed by atoms with Gasteiger partial charge in [0.25, 0.3) is 0 Å². The van der Waals surface area contributed by atoms with E-state index in [2.05, 4.69) is 124 Å². The van der Waals surface area contributed by atoms with E-state index < -0.39 is 5.97 Å². The lowest BCUT2D eigenvalue weighted by atomic mass is 9.69. The number of aliphatic carboxylic acids is 1. The Bertz CT molecular complexity index is 2180. The molecule has 8 rings (SSSR count). The van der Waals surface area contributed by atoms with Gasteiger partial charge in [-0.3, -0.25) is 19.4 Å². The summed E-state index contributed by atoms with van der Waals surface area (Å²) in [6, 6.07) is 26.4. The van der Waals surface area contributed by atoms with Crippen LogP contribution in [0.1, 0.15) is 149 Å². The number of carbonyl (C=O) groups excluding carboxylic acids is 1. The highest BCUT2D eigenvalue weighted by Gasteiger charge is 2.34. The lowest BCUT2D eigenvalue weighted by molar-refractivity contribution is -0.149. The second kappa shape index (κ2) is 22.8. The largest absolute Gasteiger partial charge is 0.490 e. The summed E-state index contributed by atoms with van der Waals surface area (Å²) in [5.41, 5.74) is 3.50. The first-order valence-corrected chi connectivity index (χ1v) is 25.9. The van der Waals surface area contributed by atoms with E-state index in [0.717, 1.165) is 114 Å². The minimum Gasteiger partial charge on any atom is -0.490 e. The van der Waals surface area contributed by atoms with Crippen molar-refractivity contribution >= 4 is 33.5 Å². The molecule has 0 spiro atoms. The van der Waals surface area contributed by atoms with Crippen molar-refractivity contribution in [1.29, 1.82) is 0 Å². The van der Waals surface area contributed by atoms with Gasteiger partial charge in [-0.2, -0.15) is 0 Å². The fraction of sp³-hybridized carbons (Fsp3) is 0.621. The third kappa shape index (κ3) is 13.3. The van der Waals surface area contributed by atoms with E-state index in [0.29, 0.717) is 29.6 Å². The minimum absolute atomic E-state index is 0.0243. The molecule has 2 aliphatic heterocycles. The molecular weight excluding hydrogens is 821 g/mol. The van der Waals surface area contributed by atoms with Crippen molar-refractivity contribution in [3.05, 3.63) is 83.9 Å². The number of ether oxygens (including phenoxy) is 3. The van der Waals surface area contributed by atoms with Crippen LogP contribution in [0.3, 0.4) is 0 Å². The Morgan fingerprint density at radius 3 is 1.29 bits per heavy atom. The second-order valence-corrected chi connectivity index (χ2v) is 21.7. The number of rotatable bonds is 15. The predicted octanol–water partition coefficient (Wildman–Crippen LogP) is 13.5. The van der Waals surface area contributed by atoms with Crippen LogP contribution in [0.4, 0.5) is 0 Å². The van der Waals surface area contributed by atoms with Gasteiger partial charge in [-0.1, -0.05) is 90.8 Å². The van der Waals surface area contributed by atoms with Gasteiger partial charge in [0.05, 0.1) is 30.7 Å². The van der Waals surface area contributed by atoms with Crippen LogP contribution in [0.2, 0.25) is 0 Å². The number of fused-ring (bicyclic) bond motifs is 2. The molecule has 66 heavy (non-hydrogen) atoms. The van der Waals surface area contributed by atoms with Gasteiger partial charge in [-0.25, -0.2) is 0 Å². The molecule has 1 N–H and O–H groups in total. The number of hydrogen-bond donors (Lipinski definition) is 1. The van der Waals surface area contributed by atoms with E-state index in [1.54, 1.807) is 0 Å². The standard InChI is InChI=1S/C30H43NO3.C28H39NO3/c1-5-30(3,4)26-10-13-27(14-11-26)34-28-12-9-24-19-22(7-8-25(24)20-28)21-31-17-15-23(16-18-31)29(32)33-6-2;1-4-28(2,3)24-8-11-25(12-9-24)32-26-10-7-22-17-20(5-6-23(22)18-26)19-29-15-13-21(14-16-29)27(30)31/h7-9,12,19-20,23,26-27H,5-6,10-11,13-18,21H2,1-4H3;5-7,10,17-18,21,24-25H,4,8-9,11-16,19H2,1-3H3,(H,30,31). The summed E-state index contributed by atoms with van der Waals surface area (Å²) < 4.78 is 18.0. The summed E-state index contributed by atoms with van der Waals surface area (Å²) in [5.74, 6) is 2.85. The van der Waals surface area contributed by atoms with Crippen LogP contribution in [0.15, 0.2) is 72.8 Å². The molecule has 360 valence electrons. The molecule has 2 saturated heterocycles. The summed E-state index contributed by atoms with van der Waals surface area (Å²) in [6.07, 6.45) is 16.2. The quantitative estimate of drug-likeness (QED) is 0.118. The molecule has 2 saturated carbocycles. The molecule has 2 heterocycles. The van der Waals surface area contributed by atoms with Gasteiger partial charge >= 0.3 is 11.9 Å². The van der Waals surface area contributed by atoms with E-state index in [1.165, 1.54) is 71.2 Å². The average Bonchev–Trinajstić information content (AvgIpc) is 3.32. The number of hydrogen-bond acceptors (Lipinski definition) is 7. The fourth-order valence-corrected chi connectivity index (χ4v) is 11.2. The molecule has 4 fully saturated rings. The Morgan fingerprint density at radius 2 is 0.909 bits per heavy atom. The van der Waals surface area contributed by atoms with Crippen molar-refractivity contribution in [2.45, 2.75) is 164 Å². The molecule has 0 unspecified atom stereocenters. The smallest absolute Gasteiger partial charge is 0.309 e. The molecule has 4 aromatic carbocycles. The third-order valence-electron chi connectivity index (χ3n) is 16.7. The molecule has 0 bridgehead atoms. The number of nitrogens with zero attached hydrogens (tertiary/aromatic N) is 2. The zero-order valence-electron chi connectivity index (χ0n) is 41.6. The highest BCUT2D eigenvalue weighted by atomic mass is 16.5. The number of esters is 1. The Balaban J connectivity index is 0.000000197. The molecule has 0 aromatic heterocycles. The van der Waals surface area contributed by atoms with Crippen LogP contribution >= 0.6 is 0 Å². The molecular formula is C58H82N2O6. The number of piperidine rings is 2. The lowest BCUT2D eigenvalue weighted by Gasteiger charge is -2.38. The molecule has 8 nitrogen and oxygen atoms in total. The number of carbonyl (C=O) groups is 2. The fourth-order valence-electron chi connectivity index (χ4n) is 11.2. The SMILES string of the molecule is CCC(C)(C)C1CCC(Oc2ccc3cc(CN4CCC(C(=O)O)CC4)ccc3c2)CC1.CCOC(=O)C1CCN(Cc2ccc3cc(OC4CCC(C(C)(C)CC)CC4)ccc3c2)CC1. The zero-order chi connectivity index (χ0) is 46.8. The molecule has 2 aliphatic carbocycles. The molecule has 0 radical (unpaired) electrons. The van der Waals surface area contributed by atoms with Crippen molar-refractivity contribution in [3.63, 3.8) is 0 Å².